The van der Waals surface area contributed by atoms with Gasteiger partial charge in [-0.1, -0.05) is 58.5 Å². The van der Waals surface area contributed by atoms with E-state index in [1.807, 2.05) is 6.92 Å². The van der Waals surface area contributed by atoms with Crippen molar-refractivity contribution in [3.8, 4) is 0 Å². The molecule has 0 radical (unpaired) electrons. The molecular formula is C19H17Cl4N3O3. The zero-order valence-electron chi connectivity index (χ0n) is 15.2. The van der Waals surface area contributed by atoms with Gasteiger partial charge in [0, 0.05) is 10.0 Å². The van der Waals surface area contributed by atoms with E-state index >= 15 is 0 Å². The molecule has 10 heteroatoms. The zero-order chi connectivity index (χ0) is 21.4. The van der Waals surface area contributed by atoms with Gasteiger partial charge < -0.3 is 15.5 Å². The van der Waals surface area contributed by atoms with Crippen molar-refractivity contribution < 1.29 is 14.4 Å². The second-order valence-electron chi connectivity index (χ2n) is 5.79. The van der Waals surface area contributed by atoms with E-state index in [4.69, 9.17) is 51.2 Å². The van der Waals surface area contributed by atoms with Crippen LogP contribution in [0.1, 0.15) is 13.3 Å². The van der Waals surface area contributed by atoms with Gasteiger partial charge in [-0.3, -0.25) is 9.59 Å². The van der Waals surface area contributed by atoms with Crippen LogP contribution >= 0.6 is 46.4 Å². The third-order valence-corrected chi connectivity index (χ3v) is 4.62. The molecule has 0 bridgehead atoms. The smallest absolute Gasteiger partial charge is 0.242 e. The SMILES string of the molecule is CCCO/N=C/C(C(=O)Nc1ccc(Cl)cc1Cl)C(=O)Nc1ccc(Cl)cc1Cl. The monoisotopic (exact) mass is 475 g/mol. The number of carbonyl (C=O) groups excluding carboxylic acids is 2. The summed E-state index contributed by atoms with van der Waals surface area (Å²) in [5, 5.41) is 10.1. The van der Waals surface area contributed by atoms with Crippen molar-refractivity contribution in [2.45, 2.75) is 13.3 Å². The Morgan fingerprint density at radius 3 is 1.86 bits per heavy atom. The molecule has 0 saturated carbocycles. The van der Waals surface area contributed by atoms with Gasteiger partial charge in [0.2, 0.25) is 11.8 Å². The maximum atomic E-state index is 12.7. The number of carbonyl (C=O) groups is 2. The van der Waals surface area contributed by atoms with Gasteiger partial charge in [-0.25, -0.2) is 0 Å². The third-order valence-electron chi connectivity index (χ3n) is 3.52. The van der Waals surface area contributed by atoms with Crippen LogP contribution in [0.15, 0.2) is 41.6 Å². The quantitative estimate of drug-likeness (QED) is 0.215. The van der Waals surface area contributed by atoms with Gasteiger partial charge in [-0.15, -0.1) is 0 Å². The Balaban J connectivity index is 2.21. The molecule has 0 spiro atoms. The maximum absolute atomic E-state index is 12.7. The van der Waals surface area contributed by atoms with Crippen molar-refractivity contribution in [2.24, 2.45) is 11.1 Å². The van der Waals surface area contributed by atoms with Crippen LogP contribution in [-0.2, 0) is 14.4 Å². The van der Waals surface area contributed by atoms with Gasteiger partial charge in [0.25, 0.3) is 0 Å². The van der Waals surface area contributed by atoms with E-state index < -0.39 is 17.7 Å². The molecule has 0 unspecified atom stereocenters. The van der Waals surface area contributed by atoms with Gasteiger partial charge in [-0.2, -0.15) is 0 Å². The van der Waals surface area contributed by atoms with Crippen LogP contribution in [0.3, 0.4) is 0 Å². The molecule has 2 aromatic carbocycles. The number of hydrogen-bond donors (Lipinski definition) is 2. The summed E-state index contributed by atoms with van der Waals surface area (Å²) in [6.07, 6.45) is 1.83. The number of oxime groups is 1. The Bertz CT molecular complexity index is 856. The minimum Gasteiger partial charge on any atom is -0.396 e. The molecular weight excluding hydrogens is 460 g/mol. The van der Waals surface area contributed by atoms with E-state index in [-0.39, 0.29) is 10.0 Å². The first-order valence-corrected chi connectivity index (χ1v) is 10.00. The molecule has 2 aromatic rings. The third kappa shape index (κ3) is 7.08. The van der Waals surface area contributed by atoms with E-state index in [1.165, 1.54) is 24.3 Å². The zero-order valence-corrected chi connectivity index (χ0v) is 18.2. The fraction of sp³-hybridized carbons (Fsp3) is 0.211. The van der Waals surface area contributed by atoms with Gasteiger partial charge in [0.05, 0.1) is 27.6 Å². The Hall–Kier alpha value is -1.99. The summed E-state index contributed by atoms with van der Waals surface area (Å²) in [5.74, 6) is -2.65. The summed E-state index contributed by atoms with van der Waals surface area (Å²) < 4.78 is 0. The molecule has 0 aliphatic rings. The van der Waals surface area contributed by atoms with E-state index in [1.54, 1.807) is 12.1 Å². The van der Waals surface area contributed by atoms with Crippen LogP contribution in [-0.4, -0.2) is 24.6 Å². The summed E-state index contributed by atoms with van der Waals surface area (Å²) in [4.78, 5) is 30.5. The van der Waals surface area contributed by atoms with Crippen molar-refractivity contribution in [3.05, 3.63) is 56.5 Å². The van der Waals surface area contributed by atoms with Crippen molar-refractivity contribution in [1.29, 1.82) is 0 Å². The summed E-state index contributed by atoms with van der Waals surface area (Å²) in [5.41, 5.74) is 0.595. The first-order valence-electron chi connectivity index (χ1n) is 8.49. The average Bonchev–Trinajstić information content (AvgIpc) is 2.66. The molecule has 6 nitrogen and oxygen atoms in total. The van der Waals surface area contributed by atoms with Crippen LogP contribution < -0.4 is 10.6 Å². The summed E-state index contributed by atoms with van der Waals surface area (Å²) in [6, 6.07) is 9.12. The lowest BCUT2D eigenvalue weighted by molar-refractivity contribution is -0.126. The lowest BCUT2D eigenvalue weighted by atomic mass is 10.1. The van der Waals surface area contributed by atoms with Crippen LogP contribution in [0, 0.1) is 5.92 Å². The Morgan fingerprint density at radius 2 is 1.45 bits per heavy atom. The molecule has 0 aliphatic heterocycles. The van der Waals surface area contributed by atoms with E-state index in [9.17, 15) is 9.59 Å². The molecule has 0 aliphatic carbocycles. The van der Waals surface area contributed by atoms with Crippen LogP contribution in [0.5, 0.6) is 0 Å². The standard InChI is InChI=1S/C19H17Cl4N3O3/c1-2-7-29-24-10-13(18(27)25-16-5-3-11(20)8-14(16)22)19(28)26-17-6-4-12(21)9-15(17)23/h3-6,8-10,13H,2,7H2,1H3,(H,25,27)(H,26,28)/b24-10+. The molecule has 2 rings (SSSR count). The average molecular weight is 477 g/mol. The summed E-state index contributed by atoms with van der Waals surface area (Å²) in [7, 11) is 0. The molecule has 0 heterocycles. The molecule has 0 fully saturated rings. The number of amides is 2. The molecule has 154 valence electrons. The summed E-state index contributed by atoms with van der Waals surface area (Å²) >= 11 is 23.9. The van der Waals surface area contributed by atoms with Crippen molar-refractivity contribution in [1.82, 2.24) is 0 Å². The second kappa shape index (κ2) is 11.3. The van der Waals surface area contributed by atoms with Crippen LogP contribution in [0.2, 0.25) is 20.1 Å². The highest BCUT2D eigenvalue weighted by Gasteiger charge is 2.27. The number of nitrogens with zero attached hydrogens (tertiary/aromatic N) is 1. The molecule has 2 N–H and O–H groups in total. The van der Waals surface area contributed by atoms with Gasteiger partial charge in [0.1, 0.15) is 6.61 Å². The largest absolute Gasteiger partial charge is 0.396 e. The topological polar surface area (TPSA) is 79.8 Å². The molecule has 2 amide bonds. The number of benzene rings is 2. The highest BCUT2D eigenvalue weighted by molar-refractivity contribution is 6.38. The Morgan fingerprint density at radius 1 is 0.966 bits per heavy atom. The van der Waals surface area contributed by atoms with Gasteiger partial charge in [0.15, 0.2) is 5.92 Å². The number of halogens is 4. The Labute approximate surface area is 188 Å². The predicted molar refractivity (Wildman–Crippen MR) is 118 cm³/mol. The molecule has 0 saturated heterocycles. The first kappa shape index (κ1) is 23.3. The normalized spacial score (nSPS) is 11.0. The molecule has 0 aromatic heterocycles. The van der Waals surface area contributed by atoms with Crippen molar-refractivity contribution in [2.75, 3.05) is 17.2 Å². The fourth-order valence-electron chi connectivity index (χ4n) is 2.11. The first-order chi connectivity index (χ1) is 13.8. The minimum absolute atomic E-state index is 0.227. The fourth-order valence-corrected chi connectivity index (χ4v) is 3.02. The van der Waals surface area contributed by atoms with Crippen molar-refractivity contribution in [3.63, 3.8) is 0 Å². The molecule has 29 heavy (non-hydrogen) atoms. The van der Waals surface area contributed by atoms with Crippen LogP contribution in [0.25, 0.3) is 0 Å². The van der Waals surface area contributed by atoms with Crippen LogP contribution in [0.4, 0.5) is 11.4 Å². The number of rotatable bonds is 8. The van der Waals surface area contributed by atoms with E-state index in [0.717, 1.165) is 12.6 Å². The number of nitrogens with one attached hydrogen (secondary N) is 2. The van der Waals surface area contributed by atoms with E-state index in [2.05, 4.69) is 15.8 Å². The maximum Gasteiger partial charge on any atom is 0.242 e. The number of anilines is 2. The highest BCUT2D eigenvalue weighted by atomic mass is 35.5. The lowest BCUT2D eigenvalue weighted by Crippen LogP contribution is -2.35. The Kier molecular flexibility index (Phi) is 9.04. The molecule has 0 atom stereocenters. The minimum atomic E-state index is -1.31. The predicted octanol–water partition coefficient (Wildman–Crippen LogP) is 5.91. The second-order valence-corrected chi connectivity index (χ2v) is 7.48. The van der Waals surface area contributed by atoms with E-state index in [0.29, 0.717) is 28.0 Å². The lowest BCUT2D eigenvalue weighted by Gasteiger charge is -2.15. The van der Waals surface area contributed by atoms with Crippen molar-refractivity contribution >= 4 is 75.8 Å². The van der Waals surface area contributed by atoms with Gasteiger partial charge in [-0.05, 0) is 42.8 Å². The van der Waals surface area contributed by atoms with Gasteiger partial charge >= 0.3 is 0 Å². The highest BCUT2D eigenvalue weighted by Crippen LogP contribution is 2.27. The summed E-state index contributed by atoms with van der Waals surface area (Å²) in [6.45, 7) is 2.25. The number of hydrogen-bond acceptors (Lipinski definition) is 4.